The third-order valence-corrected chi connectivity index (χ3v) is 3.34. The van der Waals surface area contributed by atoms with E-state index in [9.17, 15) is 9.59 Å². The van der Waals surface area contributed by atoms with Crippen LogP contribution in [0.25, 0.3) is 0 Å². The van der Waals surface area contributed by atoms with Crippen LogP contribution < -0.4 is 4.74 Å². The zero-order valence-corrected chi connectivity index (χ0v) is 11.6. The number of hydrogen-bond donors (Lipinski definition) is 0. The molecule has 20 heavy (non-hydrogen) atoms. The van der Waals surface area contributed by atoms with Gasteiger partial charge in [-0.05, 0) is 37.1 Å². The summed E-state index contributed by atoms with van der Waals surface area (Å²) in [5.41, 5.74) is 0.432. The van der Waals surface area contributed by atoms with Gasteiger partial charge in [0.05, 0.1) is 12.7 Å². The zero-order valence-electron chi connectivity index (χ0n) is 11.6. The molecule has 0 N–H and O–H groups in total. The number of nitrogens with zero attached hydrogens (tertiary/aromatic N) is 1. The quantitative estimate of drug-likeness (QED) is 0.780. The number of carbonyl (C=O) groups is 2. The van der Waals surface area contributed by atoms with E-state index in [2.05, 4.69) is 4.74 Å². The lowest BCUT2D eigenvalue weighted by Gasteiger charge is -2.19. The largest absolute Gasteiger partial charge is 0.465 e. The van der Waals surface area contributed by atoms with E-state index in [1.165, 1.54) is 7.11 Å². The van der Waals surface area contributed by atoms with Crippen LogP contribution in [0.1, 0.15) is 36.0 Å². The molecule has 1 fully saturated rings. The molecule has 0 saturated carbocycles. The van der Waals surface area contributed by atoms with E-state index >= 15 is 0 Å². The fourth-order valence-electron chi connectivity index (χ4n) is 2.20. The first-order valence-electron chi connectivity index (χ1n) is 6.86. The molecule has 0 bridgehead atoms. The average molecular weight is 277 g/mol. The van der Waals surface area contributed by atoms with E-state index in [1.807, 2.05) is 0 Å². The summed E-state index contributed by atoms with van der Waals surface area (Å²) < 4.78 is 9.92. The Hall–Kier alpha value is -2.04. The van der Waals surface area contributed by atoms with Gasteiger partial charge in [0.2, 0.25) is 0 Å². The molecule has 0 radical (unpaired) electrons. The van der Waals surface area contributed by atoms with E-state index in [-0.39, 0.29) is 6.09 Å². The van der Waals surface area contributed by atoms with Crippen LogP contribution in [0.15, 0.2) is 24.3 Å². The van der Waals surface area contributed by atoms with E-state index in [4.69, 9.17) is 4.74 Å². The summed E-state index contributed by atoms with van der Waals surface area (Å²) in [6.07, 6.45) is 4.06. The topological polar surface area (TPSA) is 55.8 Å². The number of ether oxygens (including phenoxy) is 2. The third kappa shape index (κ3) is 3.73. The van der Waals surface area contributed by atoms with Gasteiger partial charge in [0.25, 0.3) is 0 Å². The lowest BCUT2D eigenvalue weighted by Crippen LogP contribution is -2.34. The van der Waals surface area contributed by atoms with Crippen LogP contribution in [0.2, 0.25) is 0 Å². The van der Waals surface area contributed by atoms with Crippen molar-refractivity contribution >= 4 is 12.1 Å². The molecule has 0 spiro atoms. The molecule has 108 valence electrons. The molecule has 1 amide bonds. The summed E-state index contributed by atoms with van der Waals surface area (Å²) in [6, 6.07) is 6.36. The molecule has 0 unspecified atom stereocenters. The minimum Gasteiger partial charge on any atom is -0.465 e. The van der Waals surface area contributed by atoms with Crippen molar-refractivity contribution < 1.29 is 19.1 Å². The summed E-state index contributed by atoms with van der Waals surface area (Å²) in [6.45, 7) is 1.50. The van der Waals surface area contributed by atoms with Crippen molar-refractivity contribution in [3.8, 4) is 5.75 Å². The molecule has 5 nitrogen and oxygen atoms in total. The molecule has 1 aromatic carbocycles. The number of rotatable bonds is 2. The van der Waals surface area contributed by atoms with Gasteiger partial charge >= 0.3 is 12.1 Å². The monoisotopic (exact) mass is 277 g/mol. The molecular formula is C15H19NO4. The van der Waals surface area contributed by atoms with Crippen LogP contribution in [0, 0.1) is 0 Å². The lowest BCUT2D eigenvalue weighted by atomic mass is 10.2. The summed E-state index contributed by atoms with van der Waals surface area (Å²) in [4.78, 5) is 25.0. The summed E-state index contributed by atoms with van der Waals surface area (Å²) >= 11 is 0. The first-order chi connectivity index (χ1) is 9.70. The van der Waals surface area contributed by atoms with Gasteiger partial charge in [0.15, 0.2) is 0 Å². The van der Waals surface area contributed by atoms with Crippen molar-refractivity contribution in [2.24, 2.45) is 0 Å². The molecule has 0 atom stereocenters. The Bertz CT molecular complexity index is 461. The average Bonchev–Trinajstić information content (AvgIpc) is 2.76. The Labute approximate surface area is 118 Å². The van der Waals surface area contributed by atoms with Crippen LogP contribution in [0.5, 0.6) is 5.75 Å². The second-order valence-electron chi connectivity index (χ2n) is 4.79. The number of methoxy groups -OCH3 is 1. The number of hydrogen-bond acceptors (Lipinski definition) is 4. The van der Waals surface area contributed by atoms with Gasteiger partial charge in [-0.25, -0.2) is 9.59 Å². The Morgan fingerprint density at radius 2 is 1.60 bits per heavy atom. The maximum Gasteiger partial charge on any atom is 0.415 e. The van der Waals surface area contributed by atoms with Gasteiger partial charge in [-0.3, -0.25) is 0 Å². The molecule has 2 rings (SSSR count). The highest BCUT2D eigenvalue weighted by atomic mass is 16.6. The summed E-state index contributed by atoms with van der Waals surface area (Å²) in [5.74, 6) is 0.0299. The number of esters is 1. The Balaban J connectivity index is 1.95. The van der Waals surface area contributed by atoms with Crippen molar-refractivity contribution in [1.29, 1.82) is 0 Å². The number of amides is 1. The minimum absolute atomic E-state index is 0.322. The van der Waals surface area contributed by atoms with Crippen molar-refractivity contribution in [2.75, 3.05) is 20.2 Å². The molecule has 5 heteroatoms. The second-order valence-corrected chi connectivity index (χ2v) is 4.79. The molecule has 1 heterocycles. The van der Waals surface area contributed by atoms with Gasteiger partial charge in [0.1, 0.15) is 5.75 Å². The molecule has 0 aliphatic carbocycles. The smallest absolute Gasteiger partial charge is 0.415 e. The van der Waals surface area contributed by atoms with E-state index < -0.39 is 5.97 Å². The number of carbonyl (C=O) groups excluding carboxylic acids is 2. The van der Waals surface area contributed by atoms with Gasteiger partial charge in [-0.1, -0.05) is 12.8 Å². The first kappa shape index (κ1) is 14.4. The Morgan fingerprint density at radius 1 is 1.00 bits per heavy atom. The predicted octanol–water partition coefficient (Wildman–Crippen LogP) is 2.85. The molecule has 1 saturated heterocycles. The predicted molar refractivity (Wildman–Crippen MR) is 73.8 cm³/mol. The van der Waals surface area contributed by atoms with Crippen molar-refractivity contribution in [1.82, 2.24) is 4.90 Å². The second kappa shape index (κ2) is 6.93. The number of benzene rings is 1. The molecule has 1 aliphatic rings. The van der Waals surface area contributed by atoms with Gasteiger partial charge in [-0.15, -0.1) is 0 Å². The molecule has 0 aromatic heterocycles. The first-order valence-corrected chi connectivity index (χ1v) is 6.86. The number of likely N-dealkylation sites (tertiary alicyclic amines) is 1. The maximum atomic E-state index is 12.0. The zero-order chi connectivity index (χ0) is 14.4. The standard InChI is InChI=1S/C15H19NO4/c1-19-14(17)12-6-8-13(9-7-12)20-15(18)16-10-4-2-3-5-11-16/h6-9H,2-5,10-11H2,1H3. The normalized spacial score (nSPS) is 15.3. The van der Waals surface area contributed by atoms with Crippen molar-refractivity contribution in [3.05, 3.63) is 29.8 Å². The fourth-order valence-corrected chi connectivity index (χ4v) is 2.20. The van der Waals surface area contributed by atoms with Crippen LogP contribution in [0.3, 0.4) is 0 Å². The van der Waals surface area contributed by atoms with Gasteiger partial charge in [0, 0.05) is 13.1 Å². The fraction of sp³-hybridized carbons (Fsp3) is 0.467. The van der Waals surface area contributed by atoms with E-state index in [0.29, 0.717) is 11.3 Å². The third-order valence-electron chi connectivity index (χ3n) is 3.34. The van der Waals surface area contributed by atoms with Crippen molar-refractivity contribution in [3.63, 3.8) is 0 Å². The lowest BCUT2D eigenvalue weighted by molar-refractivity contribution is 0.0600. The van der Waals surface area contributed by atoms with E-state index in [0.717, 1.165) is 38.8 Å². The molecule has 1 aromatic rings. The van der Waals surface area contributed by atoms with Gasteiger partial charge < -0.3 is 14.4 Å². The molecular weight excluding hydrogens is 258 g/mol. The summed E-state index contributed by atoms with van der Waals surface area (Å²) in [7, 11) is 1.33. The van der Waals surface area contributed by atoms with Crippen molar-refractivity contribution in [2.45, 2.75) is 25.7 Å². The SMILES string of the molecule is COC(=O)c1ccc(OC(=O)N2CCCCCC2)cc1. The van der Waals surface area contributed by atoms with E-state index in [1.54, 1.807) is 29.2 Å². The van der Waals surface area contributed by atoms with Crippen LogP contribution >= 0.6 is 0 Å². The summed E-state index contributed by atoms with van der Waals surface area (Å²) in [5, 5.41) is 0. The highest BCUT2D eigenvalue weighted by molar-refractivity contribution is 5.89. The van der Waals surface area contributed by atoms with Crippen LogP contribution in [-0.4, -0.2) is 37.2 Å². The highest BCUT2D eigenvalue weighted by Crippen LogP contribution is 2.16. The van der Waals surface area contributed by atoms with Gasteiger partial charge in [-0.2, -0.15) is 0 Å². The Kier molecular flexibility index (Phi) is 4.98. The Morgan fingerprint density at radius 3 is 2.15 bits per heavy atom. The van der Waals surface area contributed by atoms with Crippen LogP contribution in [-0.2, 0) is 4.74 Å². The highest BCUT2D eigenvalue weighted by Gasteiger charge is 2.17. The minimum atomic E-state index is -0.407. The molecule has 1 aliphatic heterocycles. The maximum absolute atomic E-state index is 12.0. The van der Waals surface area contributed by atoms with Crippen LogP contribution in [0.4, 0.5) is 4.79 Å².